The summed E-state index contributed by atoms with van der Waals surface area (Å²) in [4.78, 5) is 15.5. The second-order valence-electron chi connectivity index (χ2n) is 4.00. The zero-order valence-corrected chi connectivity index (χ0v) is 10.9. The molecule has 1 rings (SSSR count). The van der Waals surface area contributed by atoms with E-state index in [1.165, 1.54) is 12.3 Å². The second kappa shape index (κ2) is 7.06. The number of hydrogen-bond donors (Lipinski definition) is 1. The lowest BCUT2D eigenvalue weighted by atomic mass is 10.1. The Morgan fingerprint density at radius 2 is 2.22 bits per heavy atom. The lowest BCUT2D eigenvalue weighted by Crippen LogP contribution is -2.38. The van der Waals surface area contributed by atoms with E-state index < -0.39 is 6.04 Å². The molecule has 1 N–H and O–H groups in total. The van der Waals surface area contributed by atoms with E-state index in [-0.39, 0.29) is 17.8 Å². The molecule has 4 nitrogen and oxygen atoms in total. The average molecular weight is 254 g/mol. The monoisotopic (exact) mass is 254 g/mol. The van der Waals surface area contributed by atoms with Crippen molar-refractivity contribution in [3.05, 3.63) is 29.8 Å². The summed E-state index contributed by atoms with van der Waals surface area (Å²) < 4.78 is 17.7. The number of nitrogens with zero attached hydrogens (tertiary/aromatic N) is 1. The summed E-state index contributed by atoms with van der Waals surface area (Å²) >= 11 is 0. The average Bonchev–Trinajstić information content (AvgIpc) is 2.37. The number of hydrogen-bond acceptors (Lipinski definition) is 4. The van der Waals surface area contributed by atoms with Crippen molar-refractivity contribution in [2.24, 2.45) is 0 Å². The maximum Gasteiger partial charge on any atom is 0.322 e. The number of rotatable bonds is 6. The summed E-state index contributed by atoms with van der Waals surface area (Å²) in [6, 6.07) is 2.47. The van der Waals surface area contributed by atoms with Crippen molar-refractivity contribution in [3.8, 4) is 0 Å². The van der Waals surface area contributed by atoms with E-state index in [4.69, 9.17) is 4.74 Å². The van der Waals surface area contributed by atoms with Crippen molar-refractivity contribution in [1.29, 1.82) is 0 Å². The molecule has 0 aliphatic heterocycles. The molecule has 1 heterocycles. The van der Waals surface area contributed by atoms with Crippen LogP contribution in [0.1, 0.15) is 38.9 Å². The third-order valence-corrected chi connectivity index (χ3v) is 2.61. The van der Waals surface area contributed by atoms with E-state index in [2.05, 4.69) is 10.3 Å². The second-order valence-corrected chi connectivity index (χ2v) is 4.00. The minimum absolute atomic E-state index is 0.0926. The van der Waals surface area contributed by atoms with Crippen molar-refractivity contribution in [2.45, 2.75) is 39.3 Å². The Bertz CT molecular complexity index is 381. The van der Waals surface area contributed by atoms with Gasteiger partial charge in [-0.3, -0.25) is 15.1 Å². The summed E-state index contributed by atoms with van der Waals surface area (Å²) in [5.41, 5.74) is 0.718. The topological polar surface area (TPSA) is 51.2 Å². The van der Waals surface area contributed by atoms with Gasteiger partial charge in [0.05, 0.1) is 18.5 Å². The highest BCUT2D eigenvalue weighted by Crippen LogP contribution is 2.15. The summed E-state index contributed by atoms with van der Waals surface area (Å²) in [6.07, 6.45) is 1.93. The molecule has 0 amide bonds. The number of pyridine rings is 1. The van der Waals surface area contributed by atoms with Gasteiger partial charge >= 0.3 is 5.97 Å². The van der Waals surface area contributed by atoms with Crippen LogP contribution >= 0.6 is 0 Å². The Morgan fingerprint density at radius 1 is 1.50 bits per heavy atom. The van der Waals surface area contributed by atoms with Crippen molar-refractivity contribution in [1.82, 2.24) is 10.3 Å². The molecule has 0 aliphatic rings. The molecule has 1 aromatic heterocycles. The molecule has 5 heteroatoms. The van der Waals surface area contributed by atoms with Gasteiger partial charge in [0, 0.05) is 6.04 Å². The number of esters is 1. The Labute approximate surface area is 107 Å². The highest BCUT2D eigenvalue weighted by molar-refractivity contribution is 5.75. The molecule has 0 aromatic carbocycles. The predicted octanol–water partition coefficient (Wildman–Crippen LogP) is 2.21. The largest absolute Gasteiger partial charge is 0.465 e. The van der Waals surface area contributed by atoms with Crippen molar-refractivity contribution >= 4 is 5.97 Å². The van der Waals surface area contributed by atoms with Crippen LogP contribution in [0.25, 0.3) is 0 Å². The van der Waals surface area contributed by atoms with E-state index in [0.717, 1.165) is 12.1 Å². The van der Waals surface area contributed by atoms with Crippen LogP contribution < -0.4 is 5.32 Å². The molecule has 0 saturated heterocycles. The molecule has 0 aliphatic carbocycles. The number of aromatic nitrogens is 1. The van der Waals surface area contributed by atoms with Crippen LogP contribution in [0.2, 0.25) is 0 Å². The zero-order valence-electron chi connectivity index (χ0n) is 10.9. The minimum Gasteiger partial charge on any atom is -0.465 e. The fourth-order valence-corrected chi connectivity index (χ4v) is 1.64. The van der Waals surface area contributed by atoms with E-state index >= 15 is 0 Å². The molecule has 0 bridgehead atoms. The number of carbonyl (C=O) groups excluding carboxylic acids is 1. The molecule has 100 valence electrons. The summed E-state index contributed by atoms with van der Waals surface area (Å²) in [6.45, 7) is 5.84. The standard InChI is InChI=1S/C13H19FN2O2/c1-4-11(12-7-6-10(14)8-15-12)16-9(3)13(17)18-5-2/h6-9,11,16H,4-5H2,1-3H3. The molecule has 2 atom stereocenters. The molecule has 18 heavy (non-hydrogen) atoms. The summed E-state index contributed by atoms with van der Waals surface area (Å²) in [7, 11) is 0. The van der Waals surface area contributed by atoms with Gasteiger partial charge in [-0.1, -0.05) is 6.92 Å². The van der Waals surface area contributed by atoms with Crippen LogP contribution in [0.3, 0.4) is 0 Å². The Balaban J connectivity index is 2.67. The van der Waals surface area contributed by atoms with E-state index in [1.54, 1.807) is 19.9 Å². The van der Waals surface area contributed by atoms with Crippen LogP contribution in [-0.4, -0.2) is 23.6 Å². The lowest BCUT2D eigenvalue weighted by molar-refractivity contribution is -0.145. The van der Waals surface area contributed by atoms with Gasteiger partial charge in [0.2, 0.25) is 0 Å². The van der Waals surface area contributed by atoms with Crippen LogP contribution in [0.15, 0.2) is 18.3 Å². The lowest BCUT2D eigenvalue weighted by Gasteiger charge is -2.20. The number of carbonyl (C=O) groups is 1. The van der Waals surface area contributed by atoms with Crippen molar-refractivity contribution in [2.75, 3.05) is 6.61 Å². The number of nitrogens with one attached hydrogen (secondary N) is 1. The molecular weight excluding hydrogens is 235 g/mol. The molecule has 2 unspecified atom stereocenters. The van der Waals surface area contributed by atoms with Crippen molar-refractivity contribution in [3.63, 3.8) is 0 Å². The van der Waals surface area contributed by atoms with Gasteiger partial charge in [0.25, 0.3) is 0 Å². The first-order chi connectivity index (χ1) is 8.58. The molecule has 1 aromatic rings. The van der Waals surface area contributed by atoms with Gasteiger partial charge in [0.15, 0.2) is 0 Å². The third-order valence-electron chi connectivity index (χ3n) is 2.61. The Kier molecular flexibility index (Phi) is 5.71. The van der Waals surface area contributed by atoms with E-state index in [9.17, 15) is 9.18 Å². The highest BCUT2D eigenvalue weighted by Gasteiger charge is 2.19. The first-order valence-corrected chi connectivity index (χ1v) is 6.12. The van der Waals surface area contributed by atoms with Crippen LogP contribution in [0.5, 0.6) is 0 Å². The smallest absolute Gasteiger partial charge is 0.322 e. The van der Waals surface area contributed by atoms with Crippen LogP contribution in [-0.2, 0) is 9.53 Å². The molecule has 0 spiro atoms. The fourth-order valence-electron chi connectivity index (χ4n) is 1.64. The molecule has 0 saturated carbocycles. The van der Waals surface area contributed by atoms with E-state index in [0.29, 0.717) is 6.61 Å². The van der Waals surface area contributed by atoms with Crippen LogP contribution in [0, 0.1) is 5.82 Å². The van der Waals surface area contributed by atoms with Crippen LogP contribution in [0.4, 0.5) is 4.39 Å². The van der Waals surface area contributed by atoms with Gasteiger partial charge in [-0.25, -0.2) is 4.39 Å². The van der Waals surface area contributed by atoms with Gasteiger partial charge in [-0.2, -0.15) is 0 Å². The quantitative estimate of drug-likeness (QED) is 0.791. The van der Waals surface area contributed by atoms with Crippen molar-refractivity contribution < 1.29 is 13.9 Å². The maximum atomic E-state index is 12.8. The summed E-state index contributed by atoms with van der Waals surface area (Å²) in [5, 5.41) is 3.13. The molecule has 0 radical (unpaired) electrons. The van der Waals surface area contributed by atoms with Gasteiger partial charge in [0.1, 0.15) is 11.9 Å². The number of ether oxygens (including phenoxy) is 1. The maximum absolute atomic E-state index is 12.8. The third kappa shape index (κ3) is 4.07. The first kappa shape index (κ1) is 14.6. The fraction of sp³-hybridized carbons (Fsp3) is 0.538. The Morgan fingerprint density at radius 3 is 2.72 bits per heavy atom. The first-order valence-electron chi connectivity index (χ1n) is 6.12. The molecule has 0 fully saturated rings. The van der Waals surface area contributed by atoms with Gasteiger partial charge in [-0.05, 0) is 32.4 Å². The predicted molar refractivity (Wildman–Crippen MR) is 66.5 cm³/mol. The zero-order chi connectivity index (χ0) is 13.5. The highest BCUT2D eigenvalue weighted by atomic mass is 19.1. The van der Waals surface area contributed by atoms with Gasteiger partial charge < -0.3 is 4.74 Å². The minimum atomic E-state index is -0.415. The van der Waals surface area contributed by atoms with E-state index in [1.807, 2.05) is 6.92 Å². The molecular formula is C13H19FN2O2. The Hall–Kier alpha value is -1.49. The van der Waals surface area contributed by atoms with Gasteiger partial charge in [-0.15, -0.1) is 0 Å². The normalized spacial score (nSPS) is 14.0. The summed E-state index contributed by atoms with van der Waals surface area (Å²) in [5.74, 6) is -0.662. The SMILES string of the molecule is CCOC(=O)C(C)NC(CC)c1ccc(F)cn1. The number of halogens is 1.